The summed E-state index contributed by atoms with van der Waals surface area (Å²) >= 11 is 6.36. The highest BCUT2D eigenvalue weighted by atomic mass is 35.5. The van der Waals surface area contributed by atoms with Crippen LogP contribution in [0.5, 0.6) is 0 Å². The highest BCUT2D eigenvalue weighted by Gasteiger charge is 2.21. The molecule has 28 heavy (non-hydrogen) atoms. The van der Waals surface area contributed by atoms with E-state index in [1.165, 1.54) is 28.9 Å². The highest BCUT2D eigenvalue weighted by Crippen LogP contribution is 2.23. The van der Waals surface area contributed by atoms with E-state index in [0.717, 1.165) is 5.56 Å². The summed E-state index contributed by atoms with van der Waals surface area (Å²) in [5.74, 6) is -0.963. The molecule has 8 heteroatoms. The Morgan fingerprint density at radius 1 is 1.14 bits per heavy atom. The van der Waals surface area contributed by atoms with E-state index in [1.54, 1.807) is 32.2 Å². The van der Waals surface area contributed by atoms with Gasteiger partial charge in [0.2, 0.25) is 0 Å². The van der Waals surface area contributed by atoms with Crippen LogP contribution in [0.2, 0.25) is 5.15 Å². The zero-order valence-electron chi connectivity index (χ0n) is 15.3. The fourth-order valence-electron chi connectivity index (χ4n) is 2.75. The van der Waals surface area contributed by atoms with Gasteiger partial charge in [-0.3, -0.25) is 9.59 Å². The first-order valence-electron chi connectivity index (χ1n) is 8.51. The summed E-state index contributed by atoms with van der Waals surface area (Å²) in [5, 5.41) is 9.77. The molecule has 0 spiro atoms. The molecule has 2 aromatic carbocycles. The minimum Gasteiger partial charge on any atom is -0.355 e. The number of nitrogens with one attached hydrogen (secondary N) is 2. The van der Waals surface area contributed by atoms with Crippen molar-refractivity contribution in [3.8, 4) is 5.69 Å². The normalized spacial score (nSPS) is 10.6. The maximum atomic E-state index is 13.1. The summed E-state index contributed by atoms with van der Waals surface area (Å²) < 4.78 is 14.5. The summed E-state index contributed by atoms with van der Waals surface area (Å²) in [4.78, 5) is 24.4. The monoisotopic (exact) mass is 400 g/mol. The van der Waals surface area contributed by atoms with E-state index < -0.39 is 0 Å². The number of carbonyl (C=O) groups is 2. The minimum absolute atomic E-state index is 0.140. The van der Waals surface area contributed by atoms with Crippen LogP contribution in [-0.4, -0.2) is 28.6 Å². The van der Waals surface area contributed by atoms with Crippen molar-refractivity contribution in [1.82, 2.24) is 20.4 Å². The van der Waals surface area contributed by atoms with Crippen molar-refractivity contribution in [2.45, 2.75) is 13.5 Å². The molecule has 0 saturated carbocycles. The van der Waals surface area contributed by atoms with Crippen LogP contribution in [0, 0.1) is 12.7 Å². The lowest BCUT2D eigenvalue weighted by molar-refractivity contribution is 0.0948. The van der Waals surface area contributed by atoms with Gasteiger partial charge in [0, 0.05) is 19.2 Å². The Balaban J connectivity index is 1.78. The van der Waals surface area contributed by atoms with Crippen LogP contribution in [0.25, 0.3) is 5.69 Å². The molecule has 0 fully saturated rings. The summed E-state index contributed by atoms with van der Waals surface area (Å²) in [5.41, 5.74) is 2.52. The molecule has 0 aliphatic rings. The van der Waals surface area contributed by atoms with Gasteiger partial charge in [-0.1, -0.05) is 23.7 Å². The number of amides is 2. The molecule has 3 rings (SSSR count). The second kappa shape index (κ2) is 8.22. The van der Waals surface area contributed by atoms with E-state index in [4.69, 9.17) is 11.6 Å². The fraction of sp³-hybridized carbons (Fsp3) is 0.150. The standard InChI is InChI=1S/C20H18ClFN4O2/c1-12-17(18(21)26(25-12)16-8-6-15(22)7-9-16)20(28)24-11-13-4-3-5-14(10-13)19(27)23-2/h3-10H,11H2,1-2H3,(H,23,27)(H,24,28). The molecule has 1 heterocycles. The fourth-order valence-corrected chi connectivity index (χ4v) is 3.11. The predicted octanol–water partition coefficient (Wildman–Crippen LogP) is 3.26. The lowest BCUT2D eigenvalue weighted by Crippen LogP contribution is -2.24. The molecule has 0 atom stereocenters. The van der Waals surface area contributed by atoms with Crippen LogP contribution in [0.15, 0.2) is 48.5 Å². The molecule has 1 aromatic heterocycles. The summed E-state index contributed by atoms with van der Waals surface area (Å²) in [6.07, 6.45) is 0. The third-order valence-electron chi connectivity index (χ3n) is 4.17. The summed E-state index contributed by atoms with van der Waals surface area (Å²) in [6.45, 7) is 1.90. The van der Waals surface area contributed by atoms with E-state index >= 15 is 0 Å². The maximum absolute atomic E-state index is 13.1. The van der Waals surface area contributed by atoms with Gasteiger partial charge < -0.3 is 10.6 Å². The number of benzene rings is 2. The molecule has 2 N–H and O–H groups in total. The van der Waals surface area contributed by atoms with E-state index in [9.17, 15) is 14.0 Å². The summed E-state index contributed by atoms with van der Waals surface area (Å²) in [7, 11) is 1.56. The molecule has 0 radical (unpaired) electrons. The Kier molecular flexibility index (Phi) is 5.75. The van der Waals surface area contributed by atoms with E-state index in [0.29, 0.717) is 16.9 Å². The van der Waals surface area contributed by atoms with Crippen LogP contribution in [0.1, 0.15) is 32.0 Å². The average Bonchev–Trinajstić information content (AvgIpc) is 3.00. The third-order valence-corrected chi connectivity index (χ3v) is 4.52. The zero-order chi connectivity index (χ0) is 20.3. The van der Waals surface area contributed by atoms with Crippen LogP contribution < -0.4 is 10.6 Å². The number of rotatable bonds is 5. The van der Waals surface area contributed by atoms with Crippen molar-refractivity contribution in [2.24, 2.45) is 0 Å². The Morgan fingerprint density at radius 3 is 2.54 bits per heavy atom. The lowest BCUT2D eigenvalue weighted by atomic mass is 10.1. The van der Waals surface area contributed by atoms with Crippen molar-refractivity contribution in [1.29, 1.82) is 0 Å². The Hall–Kier alpha value is -3.19. The first-order valence-corrected chi connectivity index (χ1v) is 8.88. The molecule has 0 saturated heterocycles. The van der Waals surface area contributed by atoms with Gasteiger partial charge in [-0.25, -0.2) is 9.07 Å². The molecule has 6 nitrogen and oxygen atoms in total. The molecule has 3 aromatic rings. The third kappa shape index (κ3) is 4.04. The van der Waals surface area contributed by atoms with Crippen LogP contribution in [-0.2, 0) is 6.54 Å². The van der Waals surface area contributed by atoms with Gasteiger partial charge in [-0.05, 0) is 48.9 Å². The van der Waals surface area contributed by atoms with Gasteiger partial charge in [0.25, 0.3) is 11.8 Å². The van der Waals surface area contributed by atoms with Crippen molar-refractivity contribution in [2.75, 3.05) is 7.05 Å². The van der Waals surface area contributed by atoms with E-state index in [1.807, 2.05) is 6.07 Å². The van der Waals surface area contributed by atoms with Gasteiger partial charge in [-0.2, -0.15) is 5.10 Å². The topological polar surface area (TPSA) is 76.0 Å². The molecule has 0 unspecified atom stereocenters. The number of nitrogens with zero attached hydrogens (tertiary/aromatic N) is 2. The number of halogens is 2. The van der Waals surface area contributed by atoms with Gasteiger partial charge in [-0.15, -0.1) is 0 Å². The van der Waals surface area contributed by atoms with Gasteiger partial charge in [0.05, 0.1) is 16.9 Å². The van der Waals surface area contributed by atoms with Crippen molar-refractivity contribution in [3.05, 3.63) is 81.9 Å². The number of hydrogen-bond acceptors (Lipinski definition) is 3. The quantitative estimate of drug-likeness (QED) is 0.690. The highest BCUT2D eigenvalue weighted by molar-refractivity contribution is 6.33. The van der Waals surface area contributed by atoms with Crippen LogP contribution in [0.3, 0.4) is 0 Å². The molecule has 0 aliphatic carbocycles. The van der Waals surface area contributed by atoms with E-state index in [2.05, 4.69) is 15.7 Å². The molecule has 0 aliphatic heterocycles. The van der Waals surface area contributed by atoms with Crippen LogP contribution >= 0.6 is 11.6 Å². The van der Waals surface area contributed by atoms with Gasteiger partial charge >= 0.3 is 0 Å². The minimum atomic E-state index is -0.388. The second-order valence-corrected chi connectivity index (χ2v) is 6.46. The molecule has 144 valence electrons. The Labute approximate surface area is 166 Å². The molecular weight excluding hydrogens is 383 g/mol. The van der Waals surface area contributed by atoms with Gasteiger partial charge in [0.1, 0.15) is 11.0 Å². The van der Waals surface area contributed by atoms with Crippen molar-refractivity contribution in [3.63, 3.8) is 0 Å². The maximum Gasteiger partial charge on any atom is 0.256 e. The molecule has 2 amide bonds. The number of hydrogen-bond donors (Lipinski definition) is 2. The predicted molar refractivity (Wildman–Crippen MR) is 104 cm³/mol. The Morgan fingerprint density at radius 2 is 1.86 bits per heavy atom. The second-order valence-electron chi connectivity index (χ2n) is 6.10. The first kappa shape index (κ1) is 19.6. The Bertz CT molecular complexity index is 1030. The average molecular weight is 401 g/mol. The number of aromatic nitrogens is 2. The SMILES string of the molecule is CNC(=O)c1cccc(CNC(=O)c2c(C)nn(-c3ccc(F)cc3)c2Cl)c1. The largest absolute Gasteiger partial charge is 0.355 e. The smallest absolute Gasteiger partial charge is 0.256 e. The van der Waals surface area contributed by atoms with Crippen LogP contribution in [0.4, 0.5) is 4.39 Å². The summed E-state index contributed by atoms with van der Waals surface area (Å²) in [6, 6.07) is 12.6. The molecular formula is C20H18ClFN4O2. The van der Waals surface area contributed by atoms with E-state index in [-0.39, 0.29) is 34.9 Å². The lowest BCUT2D eigenvalue weighted by Gasteiger charge is -2.07. The molecule has 0 bridgehead atoms. The van der Waals surface area contributed by atoms with Crippen molar-refractivity contribution < 1.29 is 14.0 Å². The van der Waals surface area contributed by atoms with Gasteiger partial charge in [0.15, 0.2) is 0 Å². The zero-order valence-corrected chi connectivity index (χ0v) is 16.0. The first-order chi connectivity index (χ1) is 13.4. The number of carbonyl (C=O) groups excluding carboxylic acids is 2. The number of aryl methyl sites for hydroxylation is 1. The van der Waals surface area contributed by atoms with Crippen molar-refractivity contribution >= 4 is 23.4 Å².